The summed E-state index contributed by atoms with van der Waals surface area (Å²) in [6, 6.07) is 6.11. The minimum atomic E-state index is -0.114. The van der Waals surface area contributed by atoms with Crippen molar-refractivity contribution in [1.29, 1.82) is 0 Å². The first kappa shape index (κ1) is 12.8. The van der Waals surface area contributed by atoms with Gasteiger partial charge in [0.05, 0.1) is 11.9 Å². The molecule has 1 aromatic carbocycles. The SMILES string of the molecule is NCc1cn(CC(=O)Nc2ccc3c(c2)CCC3)nn1. The van der Waals surface area contributed by atoms with E-state index in [-0.39, 0.29) is 12.5 Å². The van der Waals surface area contributed by atoms with Crippen molar-refractivity contribution in [2.24, 2.45) is 5.73 Å². The highest BCUT2D eigenvalue weighted by molar-refractivity contribution is 5.90. The molecule has 0 aliphatic heterocycles. The van der Waals surface area contributed by atoms with Crippen LogP contribution in [0.1, 0.15) is 23.2 Å². The molecule has 1 amide bonds. The van der Waals surface area contributed by atoms with Gasteiger partial charge in [-0.25, -0.2) is 4.68 Å². The standard InChI is InChI=1S/C14H17N5O/c15-7-13-8-19(18-17-13)9-14(20)16-12-5-4-10-2-1-3-11(10)6-12/h4-6,8H,1-3,7,9,15H2,(H,16,20). The zero-order valence-corrected chi connectivity index (χ0v) is 11.2. The van der Waals surface area contributed by atoms with E-state index in [1.807, 2.05) is 6.07 Å². The van der Waals surface area contributed by atoms with Crippen LogP contribution in [-0.4, -0.2) is 20.9 Å². The van der Waals surface area contributed by atoms with Crippen molar-refractivity contribution in [2.45, 2.75) is 32.4 Å². The Bertz CT molecular complexity index is 634. The zero-order chi connectivity index (χ0) is 13.9. The fourth-order valence-electron chi connectivity index (χ4n) is 2.51. The number of nitrogens with one attached hydrogen (secondary N) is 1. The van der Waals surface area contributed by atoms with Crippen LogP contribution >= 0.6 is 0 Å². The molecule has 0 bridgehead atoms. The quantitative estimate of drug-likeness (QED) is 0.863. The van der Waals surface area contributed by atoms with Gasteiger partial charge in [0.1, 0.15) is 6.54 Å². The van der Waals surface area contributed by atoms with Crippen LogP contribution in [-0.2, 0) is 30.7 Å². The Labute approximate surface area is 117 Å². The van der Waals surface area contributed by atoms with Gasteiger partial charge in [-0.3, -0.25) is 4.79 Å². The third-order valence-electron chi connectivity index (χ3n) is 3.48. The van der Waals surface area contributed by atoms with Crippen LogP contribution in [0.2, 0.25) is 0 Å². The normalized spacial score (nSPS) is 13.2. The molecule has 1 aromatic heterocycles. The minimum Gasteiger partial charge on any atom is -0.325 e. The number of aryl methyl sites for hydroxylation is 2. The van der Waals surface area contributed by atoms with Crippen molar-refractivity contribution in [3.63, 3.8) is 0 Å². The monoisotopic (exact) mass is 271 g/mol. The summed E-state index contributed by atoms with van der Waals surface area (Å²) in [5.41, 5.74) is 9.71. The first-order valence-electron chi connectivity index (χ1n) is 6.75. The molecule has 0 saturated carbocycles. The Morgan fingerprint density at radius 1 is 1.35 bits per heavy atom. The van der Waals surface area contributed by atoms with Gasteiger partial charge >= 0.3 is 0 Å². The average molecular weight is 271 g/mol. The summed E-state index contributed by atoms with van der Waals surface area (Å²) < 4.78 is 1.49. The molecule has 20 heavy (non-hydrogen) atoms. The minimum absolute atomic E-state index is 0.114. The lowest BCUT2D eigenvalue weighted by molar-refractivity contribution is -0.116. The molecule has 104 valence electrons. The summed E-state index contributed by atoms with van der Waals surface area (Å²) >= 11 is 0. The van der Waals surface area contributed by atoms with Crippen LogP contribution in [0.3, 0.4) is 0 Å². The number of nitrogens with zero attached hydrogens (tertiary/aromatic N) is 3. The lowest BCUT2D eigenvalue weighted by atomic mass is 10.1. The Morgan fingerprint density at radius 3 is 3.00 bits per heavy atom. The Kier molecular flexibility index (Phi) is 3.47. The third-order valence-corrected chi connectivity index (χ3v) is 3.48. The number of amides is 1. The summed E-state index contributed by atoms with van der Waals surface area (Å²) in [6.45, 7) is 0.469. The average Bonchev–Trinajstić information content (AvgIpc) is 3.06. The molecule has 1 aliphatic rings. The molecule has 0 radical (unpaired) electrons. The van der Waals surface area contributed by atoms with E-state index in [2.05, 4.69) is 27.8 Å². The molecule has 2 aromatic rings. The number of carbonyl (C=O) groups is 1. The van der Waals surface area contributed by atoms with E-state index in [1.54, 1.807) is 6.20 Å². The number of anilines is 1. The number of rotatable bonds is 4. The molecule has 1 aliphatic carbocycles. The van der Waals surface area contributed by atoms with E-state index in [1.165, 1.54) is 22.2 Å². The second-order valence-corrected chi connectivity index (χ2v) is 5.00. The highest BCUT2D eigenvalue weighted by atomic mass is 16.2. The molecule has 0 spiro atoms. The molecule has 3 N–H and O–H groups in total. The molecule has 0 saturated heterocycles. The lowest BCUT2D eigenvalue weighted by Gasteiger charge is -2.07. The summed E-state index contributed by atoms with van der Waals surface area (Å²) in [7, 11) is 0. The smallest absolute Gasteiger partial charge is 0.246 e. The Balaban J connectivity index is 1.64. The summed E-state index contributed by atoms with van der Waals surface area (Å²) in [5, 5.41) is 10.6. The van der Waals surface area contributed by atoms with Crippen LogP contribution in [0.25, 0.3) is 0 Å². The van der Waals surface area contributed by atoms with Gasteiger partial charge in [-0.05, 0) is 42.5 Å². The number of hydrogen-bond acceptors (Lipinski definition) is 4. The van der Waals surface area contributed by atoms with Crippen LogP contribution in [0.5, 0.6) is 0 Å². The van der Waals surface area contributed by atoms with E-state index >= 15 is 0 Å². The predicted molar refractivity (Wildman–Crippen MR) is 75.0 cm³/mol. The molecule has 0 unspecified atom stereocenters. The third kappa shape index (κ3) is 2.70. The maximum atomic E-state index is 11.9. The van der Waals surface area contributed by atoms with Crippen LogP contribution < -0.4 is 11.1 Å². The molecule has 0 atom stereocenters. The maximum absolute atomic E-state index is 11.9. The van der Waals surface area contributed by atoms with Gasteiger partial charge in [0, 0.05) is 12.2 Å². The number of fused-ring (bicyclic) bond motifs is 1. The number of carbonyl (C=O) groups excluding carboxylic acids is 1. The van der Waals surface area contributed by atoms with E-state index < -0.39 is 0 Å². The van der Waals surface area contributed by atoms with Crippen molar-refractivity contribution >= 4 is 11.6 Å². The molecule has 6 heteroatoms. The molecular formula is C14H17N5O. The summed E-state index contributed by atoms with van der Waals surface area (Å²) in [4.78, 5) is 11.9. The second-order valence-electron chi connectivity index (χ2n) is 5.00. The lowest BCUT2D eigenvalue weighted by Crippen LogP contribution is -2.19. The molecular weight excluding hydrogens is 254 g/mol. The maximum Gasteiger partial charge on any atom is 0.246 e. The fraction of sp³-hybridized carbons (Fsp3) is 0.357. The molecule has 0 fully saturated rings. The second kappa shape index (κ2) is 5.42. The Morgan fingerprint density at radius 2 is 2.20 bits per heavy atom. The van der Waals surface area contributed by atoms with Gasteiger partial charge in [0.25, 0.3) is 0 Å². The fourth-order valence-corrected chi connectivity index (χ4v) is 2.51. The van der Waals surface area contributed by atoms with E-state index in [4.69, 9.17) is 5.73 Å². The number of nitrogens with two attached hydrogens (primary N) is 1. The molecule has 1 heterocycles. The van der Waals surface area contributed by atoms with Crippen molar-refractivity contribution < 1.29 is 4.79 Å². The van der Waals surface area contributed by atoms with Gasteiger partial charge in [-0.2, -0.15) is 0 Å². The van der Waals surface area contributed by atoms with Gasteiger partial charge < -0.3 is 11.1 Å². The topological polar surface area (TPSA) is 85.8 Å². The first-order chi connectivity index (χ1) is 9.74. The predicted octanol–water partition coefficient (Wildman–Crippen LogP) is 0.864. The van der Waals surface area contributed by atoms with E-state index in [0.717, 1.165) is 18.5 Å². The Hall–Kier alpha value is -2.21. The van der Waals surface area contributed by atoms with Crippen molar-refractivity contribution in [3.05, 3.63) is 41.2 Å². The van der Waals surface area contributed by atoms with Gasteiger partial charge in [-0.15, -0.1) is 5.10 Å². The first-order valence-corrected chi connectivity index (χ1v) is 6.75. The van der Waals surface area contributed by atoms with Gasteiger partial charge in [0.15, 0.2) is 0 Å². The van der Waals surface area contributed by atoms with Gasteiger partial charge in [0.2, 0.25) is 5.91 Å². The van der Waals surface area contributed by atoms with Crippen LogP contribution in [0.4, 0.5) is 5.69 Å². The highest BCUT2D eigenvalue weighted by Crippen LogP contribution is 2.24. The highest BCUT2D eigenvalue weighted by Gasteiger charge is 2.12. The summed E-state index contributed by atoms with van der Waals surface area (Å²) in [5.74, 6) is -0.114. The van der Waals surface area contributed by atoms with E-state index in [9.17, 15) is 4.79 Å². The molecule has 6 nitrogen and oxygen atoms in total. The number of benzene rings is 1. The van der Waals surface area contributed by atoms with Crippen LogP contribution in [0, 0.1) is 0 Å². The van der Waals surface area contributed by atoms with E-state index in [0.29, 0.717) is 12.2 Å². The van der Waals surface area contributed by atoms with Crippen molar-refractivity contribution in [1.82, 2.24) is 15.0 Å². The summed E-state index contributed by atoms with van der Waals surface area (Å²) in [6.07, 6.45) is 5.13. The number of aromatic nitrogens is 3. The van der Waals surface area contributed by atoms with Crippen molar-refractivity contribution in [2.75, 3.05) is 5.32 Å². The number of hydrogen-bond donors (Lipinski definition) is 2. The van der Waals surface area contributed by atoms with Crippen molar-refractivity contribution in [3.8, 4) is 0 Å². The molecule has 3 rings (SSSR count). The van der Waals surface area contributed by atoms with Gasteiger partial charge in [-0.1, -0.05) is 11.3 Å². The largest absolute Gasteiger partial charge is 0.325 e. The zero-order valence-electron chi connectivity index (χ0n) is 11.2. The van der Waals surface area contributed by atoms with Crippen LogP contribution in [0.15, 0.2) is 24.4 Å².